The van der Waals surface area contributed by atoms with Crippen LogP contribution in [0.5, 0.6) is 0 Å². The minimum Gasteiger partial charge on any atom is -0.324 e. The second-order valence-corrected chi connectivity index (χ2v) is 7.72. The number of benzene rings is 2. The van der Waals surface area contributed by atoms with Crippen LogP contribution in [0.15, 0.2) is 72.3 Å². The molecule has 0 aliphatic rings. The first-order chi connectivity index (χ1) is 14.7. The van der Waals surface area contributed by atoms with Gasteiger partial charge in [-0.15, -0.1) is 10.2 Å². The summed E-state index contributed by atoms with van der Waals surface area (Å²) >= 11 is 7.35. The molecule has 1 amide bonds. The lowest BCUT2D eigenvalue weighted by molar-refractivity contribution is -0.113. The molecule has 10 heteroatoms. The summed E-state index contributed by atoms with van der Waals surface area (Å²) in [6.45, 7) is 0. The zero-order valence-electron chi connectivity index (χ0n) is 15.4. The third-order valence-electron chi connectivity index (χ3n) is 4.43. The van der Waals surface area contributed by atoms with Crippen LogP contribution in [0.25, 0.3) is 22.4 Å². The molecule has 0 atom stereocenters. The molecule has 0 fully saturated rings. The van der Waals surface area contributed by atoms with Gasteiger partial charge in [-0.1, -0.05) is 53.7 Å². The first-order valence-corrected chi connectivity index (χ1v) is 10.4. The second kappa shape index (κ2) is 7.77. The number of carbonyl (C=O) groups excluding carboxylic acids is 1. The van der Waals surface area contributed by atoms with Crippen LogP contribution in [0.2, 0.25) is 5.02 Å². The summed E-state index contributed by atoms with van der Waals surface area (Å²) in [5.41, 5.74) is 2.81. The van der Waals surface area contributed by atoms with E-state index < -0.39 is 0 Å². The van der Waals surface area contributed by atoms with Gasteiger partial charge in [0.1, 0.15) is 6.33 Å². The summed E-state index contributed by atoms with van der Waals surface area (Å²) in [5.74, 6) is -0.0244. The molecule has 5 aromatic rings. The fraction of sp³-hybridized carbons (Fsp3) is 0.0500. The number of nitrogens with one attached hydrogen (secondary N) is 1. The van der Waals surface area contributed by atoms with Gasteiger partial charge >= 0.3 is 0 Å². The van der Waals surface area contributed by atoms with E-state index in [2.05, 4.69) is 25.6 Å². The van der Waals surface area contributed by atoms with Gasteiger partial charge in [0.15, 0.2) is 16.5 Å². The molecule has 8 nitrogen and oxygen atoms in total. The number of amides is 1. The maximum atomic E-state index is 12.3. The maximum absolute atomic E-state index is 12.3. The lowest BCUT2D eigenvalue weighted by Crippen LogP contribution is -2.14. The molecular formula is C20H14ClN7OS. The fourth-order valence-corrected chi connectivity index (χ4v) is 3.92. The standard InChI is InChI=1S/C20H14ClN7OS/c21-15-8-4-5-9-16(15)24-17(29)11-30-20-26-25-19-14-10-23-28(13-6-2-1-3-7-13)18(14)22-12-27(19)20/h1-10,12H,11H2,(H,24,29). The largest absolute Gasteiger partial charge is 0.324 e. The number of rotatable bonds is 5. The van der Waals surface area contributed by atoms with Crippen LogP contribution in [0.3, 0.4) is 0 Å². The van der Waals surface area contributed by atoms with E-state index in [0.29, 0.717) is 27.2 Å². The molecule has 0 bridgehead atoms. The van der Waals surface area contributed by atoms with Crippen LogP contribution in [0, 0.1) is 0 Å². The number of para-hydroxylation sites is 2. The number of nitrogens with zero attached hydrogens (tertiary/aromatic N) is 6. The molecule has 0 radical (unpaired) electrons. The zero-order chi connectivity index (χ0) is 20.5. The molecule has 0 aliphatic heterocycles. The Hall–Kier alpha value is -3.43. The van der Waals surface area contributed by atoms with E-state index in [4.69, 9.17) is 11.6 Å². The second-order valence-electron chi connectivity index (χ2n) is 6.37. The van der Waals surface area contributed by atoms with Crippen LogP contribution in [-0.2, 0) is 4.79 Å². The highest BCUT2D eigenvalue weighted by atomic mass is 35.5. The van der Waals surface area contributed by atoms with Gasteiger partial charge < -0.3 is 5.32 Å². The SMILES string of the molecule is O=C(CSc1nnc2c3cnn(-c4ccccc4)c3ncn12)Nc1ccccc1Cl. The molecule has 0 unspecified atom stereocenters. The van der Waals surface area contributed by atoms with Gasteiger partial charge in [0.25, 0.3) is 0 Å². The molecule has 2 aromatic carbocycles. The topological polar surface area (TPSA) is 90.0 Å². The van der Waals surface area contributed by atoms with E-state index in [1.807, 2.05) is 42.5 Å². The van der Waals surface area contributed by atoms with Crippen molar-refractivity contribution in [1.29, 1.82) is 0 Å². The lowest BCUT2D eigenvalue weighted by Gasteiger charge is -2.06. The molecule has 0 spiro atoms. The highest BCUT2D eigenvalue weighted by Gasteiger charge is 2.15. The Balaban J connectivity index is 1.39. The minimum absolute atomic E-state index is 0.160. The van der Waals surface area contributed by atoms with Gasteiger partial charge in [-0.25, -0.2) is 9.67 Å². The van der Waals surface area contributed by atoms with Crippen molar-refractivity contribution in [2.45, 2.75) is 5.16 Å². The lowest BCUT2D eigenvalue weighted by atomic mass is 10.3. The Kier molecular flexibility index (Phi) is 4.82. The zero-order valence-corrected chi connectivity index (χ0v) is 17.0. The molecule has 30 heavy (non-hydrogen) atoms. The van der Waals surface area contributed by atoms with E-state index >= 15 is 0 Å². The summed E-state index contributed by atoms with van der Waals surface area (Å²) in [7, 11) is 0. The molecule has 3 aromatic heterocycles. The number of fused-ring (bicyclic) bond motifs is 3. The number of aromatic nitrogens is 6. The van der Waals surface area contributed by atoms with Crippen LogP contribution < -0.4 is 5.32 Å². The van der Waals surface area contributed by atoms with Gasteiger partial charge in [0.2, 0.25) is 5.91 Å². The van der Waals surface area contributed by atoms with Crippen LogP contribution in [0.1, 0.15) is 0 Å². The third kappa shape index (κ3) is 3.38. The predicted octanol–water partition coefficient (Wildman–Crippen LogP) is 3.85. The normalized spacial score (nSPS) is 11.2. The molecule has 148 valence electrons. The van der Waals surface area contributed by atoms with Crippen molar-refractivity contribution in [3.8, 4) is 5.69 Å². The van der Waals surface area contributed by atoms with Crippen molar-refractivity contribution < 1.29 is 4.79 Å². The third-order valence-corrected chi connectivity index (χ3v) is 5.70. The molecule has 0 aliphatic carbocycles. The number of hydrogen-bond acceptors (Lipinski definition) is 6. The average Bonchev–Trinajstić information content (AvgIpc) is 3.38. The number of halogens is 1. The fourth-order valence-electron chi connectivity index (χ4n) is 3.04. The van der Waals surface area contributed by atoms with Gasteiger partial charge in [-0.2, -0.15) is 5.10 Å². The van der Waals surface area contributed by atoms with Gasteiger partial charge in [-0.05, 0) is 24.3 Å². The van der Waals surface area contributed by atoms with Gasteiger partial charge in [0, 0.05) is 0 Å². The molecule has 1 N–H and O–H groups in total. The van der Waals surface area contributed by atoms with Crippen molar-refractivity contribution in [1.82, 2.24) is 29.4 Å². The quantitative estimate of drug-likeness (QED) is 0.422. The monoisotopic (exact) mass is 435 g/mol. The molecule has 3 heterocycles. The van der Waals surface area contributed by atoms with E-state index in [1.54, 1.807) is 33.7 Å². The van der Waals surface area contributed by atoms with Crippen molar-refractivity contribution >= 4 is 51.6 Å². The maximum Gasteiger partial charge on any atom is 0.234 e. The summed E-state index contributed by atoms with van der Waals surface area (Å²) in [6, 6.07) is 16.9. The average molecular weight is 436 g/mol. The number of carbonyl (C=O) groups is 1. The summed E-state index contributed by atoms with van der Waals surface area (Å²) in [6.07, 6.45) is 3.37. The Morgan fingerprint density at radius 1 is 1.03 bits per heavy atom. The Bertz CT molecular complexity index is 1370. The summed E-state index contributed by atoms with van der Waals surface area (Å²) in [5, 5.41) is 17.6. The van der Waals surface area contributed by atoms with Crippen LogP contribution in [-0.4, -0.2) is 41.0 Å². The van der Waals surface area contributed by atoms with E-state index in [-0.39, 0.29) is 11.7 Å². The van der Waals surface area contributed by atoms with Crippen molar-refractivity contribution in [3.05, 3.63) is 72.1 Å². The summed E-state index contributed by atoms with van der Waals surface area (Å²) in [4.78, 5) is 16.8. The molecule has 5 rings (SSSR count). The number of hydrogen-bond donors (Lipinski definition) is 1. The predicted molar refractivity (Wildman–Crippen MR) is 116 cm³/mol. The smallest absolute Gasteiger partial charge is 0.234 e. The van der Waals surface area contributed by atoms with E-state index in [9.17, 15) is 4.79 Å². The van der Waals surface area contributed by atoms with Crippen LogP contribution in [0.4, 0.5) is 5.69 Å². The highest BCUT2D eigenvalue weighted by molar-refractivity contribution is 7.99. The first-order valence-electron chi connectivity index (χ1n) is 9.01. The van der Waals surface area contributed by atoms with E-state index in [0.717, 1.165) is 11.1 Å². The number of thioether (sulfide) groups is 1. The van der Waals surface area contributed by atoms with Crippen LogP contribution >= 0.6 is 23.4 Å². The van der Waals surface area contributed by atoms with E-state index in [1.165, 1.54) is 11.8 Å². The van der Waals surface area contributed by atoms with Gasteiger partial charge in [-0.3, -0.25) is 9.20 Å². The summed E-state index contributed by atoms with van der Waals surface area (Å²) < 4.78 is 3.51. The highest BCUT2D eigenvalue weighted by Crippen LogP contribution is 2.24. The number of anilines is 1. The Morgan fingerprint density at radius 3 is 2.67 bits per heavy atom. The molecule has 0 saturated carbocycles. The minimum atomic E-state index is -0.184. The van der Waals surface area contributed by atoms with Crippen molar-refractivity contribution in [2.24, 2.45) is 0 Å². The van der Waals surface area contributed by atoms with Crippen molar-refractivity contribution in [3.63, 3.8) is 0 Å². The first kappa shape index (κ1) is 18.6. The Labute approximate surface area is 179 Å². The Morgan fingerprint density at radius 2 is 1.83 bits per heavy atom. The van der Waals surface area contributed by atoms with Gasteiger partial charge in [0.05, 0.1) is 33.7 Å². The molecule has 0 saturated heterocycles. The van der Waals surface area contributed by atoms with Crippen molar-refractivity contribution in [2.75, 3.05) is 11.1 Å². The molecular weight excluding hydrogens is 422 g/mol.